The van der Waals surface area contributed by atoms with Gasteiger partial charge in [-0.3, -0.25) is 4.79 Å². The molecule has 1 unspecified atom stereocenters. The van der Waals surface area contributed by atoms with Crippen molar-refractivity contribution < 1.29 is 14.7 Å². The third kappa shape index (κ3) is 6.74. The van der Waals surface area contributed by atoms with Gasteiger partial charge in [-0.1, -0.05) is 13.8 Å². The van der Waals surface area contributed by atoms with E-state index in [1.165, 1.54) is 4.90 Å². The summed E-state index contributed by atoms with van der Waals surface area (Å²) in [6.45, 7) is 4.33. The Morgan fingerprint density at radius 1 is 1.44 bits per heavy atom. The van der Waals surface area contributed by atoms with Gasteiger partial charge in [0, 0.05) is 20.1 Å². The number of amides is 2. The Bertz CT molecular complexity index is 323. The zero-order valence-electron chi connectivity index (χ0n) is 11.1. The molecule has 6 heteroatoms. The van der Waals surface area contributed by atoms with E-state index in [2.05, 4.69) is 5.32 Å². The third-order valence-electron chi connectivity index (χ3n) is 2.51. The second-order valence-electron chi connectivity index (χ2n) is 4.68. The van der Waals surface area contributed by atoms with Gasteiger partial charge >= 0.3 is 12.0 Å². The zero-order valence-corrected chi connectivity index (χ0v) is 11.1. The Morgan fingerprint density at radius 3 is 2.50 bits per heavy atom. The van der Waals surface area contributed by atoms with Crippen molar-refractivity contribution in [2.45, 2.75) is 26.7 Å². The monoisotopic (exact) mass is 255 g/mol. The van der Waals surface area contributed by atoms with Crippen molar-refractivity contribution in [1.82, 2.24) is 10.2 Å². The van der Waals surface area contributed by atoms with Crippen LogP contribution in [-0.2, 0) is 4.79 Å². The highest BCUT2D eigenvalue weighted by molar-refractivity contribution is 5.75. The van der Waals surface area contributed by atoms with Gasteiger partial charge in [0.15, 0.2) is 0 Å². The summed E-state index contributed by atoms with van der Waals surface area (Å²) in [6, 6.07) is 1.60. The molecule has 0 aromatic heterocycles. The summed E-state index contributed by atoms with van der Waals surface area (Å²) in [6.07, 6.45) is 0.787. The Labute approximate surface area is 108 Å². The lowest BCUT2D eigenvalue weighted by Crippen LogP contribution is -2.41. The van der Waals surface area contributed by atoms with Gasteiger partial charge in [0.05, 0.1) is 18.4 Å². The summed E-state index contributed by atoms with van der Waals surface area (Å²) >= 11 is 0. The summed E-state index contributed by atoms with van der Waals surface area (Å²) < 4.78 is 0. The molecule has 0 aliphatic rings. The maximum atomic E-state index is 11.6. The normalized spacial score (nSPS) is 11.7. The summed E-state index contributed by atoms with van der Waals surface area (Å²) in [4.78, 5) is 23.9. The highest BCUT2D eigenvalue weighted by Crippen LogP contribution is 2.11. The van der Waals surface area contributed by atoms with Crippen LogP contribution < -0.4 is 5.32 Å². The number of urea groups is 1. The maximum Gasteiger partial charge on any atom is 0.317 e. The molecule has 0 aromatic carbocycles. The highest BCUT2D eigenvalue weighted by atomic mass is 16.4. The first-order valence-corrected chi connectivity index (χ1v) is 5.97. The van der Waals surface area contributed by atoms with Crippen LogP contribution in [0.1, 0.15) is 26.7 Å². The number of carboxylic acid groups (broad SMARTS) is 1. The van der Waals surface area contributed by atoms with Crippen LogP contribution in [0.4, 0.5) is 4.79 Å². The summed E-state index contributed by atoms with van der Waals surface area (Å²) in [5, 5.41) is 20.0. The van der Waals surface area contributed by atoms with E-state index in [0.29, 0.717) is 13.0 Å². The maximum absolute atomic E-state index is 11.6. The van der Waals surface area contributed by atoms with Gasteiger partial charge in [-0.05, 0) is 12.3 Å². The zero-order chi connectivity index (χ0) is 14.1. The van der Waals surface area contributed by atoms with Crippen LogP contribution in [0.15, 0.2) is 0 Å². The predicted octanol–water partition coefficient (Wildman–Crippen LogP) is 1.29. The van der Waals surface area contributed by atoms with Crippen LogP contribution in [0.3, 0.4) is 0 Å². The van der Waals surface area contributed by atoms with Crippen LogP contribution >= 0.6 is 0 Å². The molecule has 0 spiro atoms. The molecular formula is C12H21N3O3. The first-order chi connectivity index (χ1) is 8.38. The fourth-order valence-corrected chi connectivity index (χ4v) is 1.51. The molecule has 0 saturated carbocycles. The molecule has 6 nitrogen and oxygen atoms in total. The number of hydrogen-bond donors (Lipinski definition) is 2. The van der Waals surface area contributed by atoms with E-state index in [9.17, 15) is 9.59 Å². The van der Waals surface area contributed by atoms with Crippen LogP contribution in [0.25, 0.3) is 0 Å². The number of nitrogens with one attached hydrogen (secondary N) is 1. The topological polar surface area (TPSA) is 93.4 Å². The Morgan fingerprint density at radius 2 is 2.06 bits per heavy atom. The van der Waals surface area contributed by atoms with Crippen molar-refractivity contribution in [1.29, 1.82) is 5.26 Å². The quantitative estimate of drug-likeness (QED) is 0.716. The van der Waals surface area contributed by atoms with E-state index in [1.807, 2.05) is 19.9 Å². The van der Waals surface area contributed by atoms with E-state index in [0.717, 1.165) is 0 Å². The van der Waals surface area contributed by atoms with Gasteiger partial charge in [-0.15, -0.1) is 0 Å². The van der Waals surface area contributed by atoms with E-state index in [1.54, 1.807) is 7.05 Å². The number of hydrogen-bond acceptors (Lipinski definition) is 3. The molecule has 1 atom stereocenters. The first-order valence-electron chi connectivity index (χ1n) is 5.97. The molecule has 0 aliphatic heterocycles. The largest absolute Gasteiger partial charge is 0.481 e. The molecule has 0 aromatic rings. The molecule has 0 bridgehead atoms. The molecular weight excluding hydrogens is 234 g/mol. The van der Waals surface area contributed by atoms with Crippen molar-refractivity contribution in [3.05, 3.63) is 0 Å². The average molecular weight is 255 g/mol. The van der Waals surface area contributed by atoms with Crippen molar-refractivity contribution in [2.75, 3.05) is 20.1 Å². The van der Waals surface area contributed by atoms with Crippen molar-refractivity contribution in [3.63, 3.8) is 0 Å². The number of aliphatic carboxylic acids is 1. The van der Waals surface area contributed by atoms with E-state index >= 15 is 0 Å². The fraction of sp³-hybridized carbons (Fsp3) is 0.750. The number of nitrogens with zero attached hydrogens (tertiary/aromatic N) is 2. The van der Waals surface area contributed by atoms with Crippen molar-refractivity contribution in [3.8, 4) is 6.07 Å². The Balaban J connectivity index is 4.15. The minimum Gasteiger partial charge on any atom is -0.481 e. The van der Waals surface area contributed by atoms with Gasteiger partial charge in [0.1, 0.15) is 0 Å². The Hall–Kier alpha value is -1.77. The molecule has 2 amide bonds. The number of carboxylic acids is 1. The summed E-state index contributed by atoms with van der Waals surface area (Å²) in [5.74, 6) is -1.21. The highest BCUT2D eigenvalue weighted by Gasteiger charge is 2.20. The average Bonchev–Trinajstić information content (AvgIpc) is 2.30. The van der Waals surface area contributed by atoms with Gasteiger partial charge in [0.25, 0.3) is 0 Å². The predicted molar refractivity (Wildman–Crippen MR) is 66.8 cm³/mol. The SMILES string of the molecule is CC(C)CC(CNC(=O)N(C)CCC#N)C(=O)O. The van der Waals surface area contributed by atoms with Crippen LogP contribution in [0.2, 0.25) is 0 Å². The molecule has 18 heavy (non-hydrogen) atoms. The van der Waals surface area contributed by atoms with E-state index in [4.69, 9.17) is 10.4 Å². The van der Waals surface area contributed by atoms with Gasteiger partial charge in [-0.2, -0.15) is 5.26 Å². The lowest BCUT2D eigenvalue weighted by molar-refractivity contribution is -0.142. The summed E-state index contributed by atoms with van der Waals surface area (Å²) in [5.41, 5.74) is 0. The van der Waals surface area contributed by atoms with Crippen molar-refractivity contribution >= 4 is 12.0 Å². The van der Waals surface area contributed by atoms with Gasteiger partial charge < -0.3 is 15.3 Å². The Kier molecular flexibility index (Phi) is 7.52. The molecule has 0 radical (unpaired) electrons. The minimum absolute atomic E-state index is 0.114. The molecule has 2 N–H and O–H groups in total. The molecule has 102 valence electrons. The van der Waals surface area contributed by atoms with Crippen LogP contribution in [0.5, 0.6) is 0 Å². The van der Waals surface area contributed by atoms with E-state index < -0.39 is 11.9 Å². The lowest BCUT2D eigenvalue weighted by atomic mass is 9.97. The van der Waals surface area contributed by atoms with Crippen LogP contribution in [0, 0.1) is 23.2 Å². The second kappa shape index (κ2) is 8.34. The standard InChI is InChI=1S/C12H21N3O3/c1-9(2)7-10(11(16)17)8-14-12(18)15(3)6-4-5-13/h9-10H,4,6-8H2,1-3H3,(H,14,18)(H,16,17). The molecule has 0 saturated heterocycles. The number of nitriles is 1. The van der Waals surface area contributed by atoms with Crippen molar-refractivity contribution in [2.24, 2.45) is 11.8 Å². The number of carbonyl (C=O) groups excluding carboxylic acids is 1. The third-order valence-corrected chi connectivity index (χ3v) is 2.51. The molecule has 0 rings (SSSR count). The number of carbonyl (C=O) groups is 2. The van der Waals surface area contributed by atoms with Crippen LogP contribution in [-0.4, -0.2) is 42.1 Å². The molecule has 0 heterocycles. The second-order valence-corrected chi connectivity index (χ2v) is 4.68. The summed E-state index contributed by atoms with van der Waals surface area (Å²) in [7, 11) is 1.57. The van der Waals surface area contributed by atoms with Gasteiger partial charge in [-0.25, -0.2) is 4.79 Å². The smallest absolute Gasteiger partial charge is 0.317 e. The molecule has 0 aliphatic carbocycles. The lowest BCUT2D eigenvalue weighted by Gasteiger charge is -2.19. The first kappa shape index (κ1) is 16.2. The minimum atomic E-state index is -0.899. The number of rotatable bonds is 7. The van der Waals surface area contributed by atoms with E-state index in [-0.39, 0.29) is 24.9 Å². The van der Waals surface area contributed by atoms with Gasteiger partial charge in [0.2, 0.25) is 0 Å². The fourth-order valence-electron chi connectivity index (χ4n) is 1.51. The molecule has 0 fully saturated rings.